The molecule has 0 saturated carbocycles. The average molecular weight is 555 g/mol. The molecule has 0 bridgehead atoms. The van der Waals surface area contributed by atoms with Crippen molar-refractivity contribution in [2.45, 2.75) is 26.2 Å². The molecule has 2 heterocycles. The second kappa shape index (κ2) is 11.6. The van der Waals surface area contributed by atoms with Gasteiger partial charge < -0.3 is 20.3 Å². The molecule has 3 amide bonds. The van der Waals surface area contributed by atoms with Crippen LogP contribution in [-0.2, 0) is 5.41 Å². The number of nitrogens with zero attached hydrogens (tertiary/aromatic N) is 2. The van der Waals surface area contributed by atoms with Crippen LogP contribution in [0.15, 0.2) is 72.9 Å². The van der Waals surface area contributed by atoms with Crippen LogP contribution >= 0.6 is 11.8 Å². The number of hydrogen-bond donors (Lipinski definition) is 2. The van der Waals surface area contributed by atoms with E-state index >= 15 is 0 Å². The van der Waals surface area contributed by atoms with Gasteiger partial charge in [0.15, 0.2) is 0 Å². The lowest BCUT2D eigenvalue weighted by Gasteiger charge is -2.26. The Morgan fingerprint density at radius 2 is 1.62 bits per heavy atom. The van der Waals surface area contributed by atoms with E-state index in [1.54, 1.807) is 19.4 Å². The molecule has 3 aromatic carbocycles. The van der Waals surface area contributed by atoms with E-state index in [-0.39, 0.29) is 17.4 Å². The summed E-state index contributed by atoms with van der Waals surface area (Å²) in [7, 11) is 1.59. The maximum atomic E-state index is 13.1. The zero-order valence-electron chi connectivity index (χ0n) is 23.3. The summed E-state index contributed by atoms with van der Waals surface area (Å²) in [6.45, 7) is 7.90. The number of ether oxygens (including phenoxy) is 1. The zero-order valence-corrected chi connectivity index (χ0v) is 24.1. The van der Waals surface area contributed by atoms with Crippen LogP contribution in [-0.4, -0.2) is 53.5 Å². The number of pyridine rings is 1. The van der Waals surface area contributed by atoms with Gasteiger partial charge in [0, 0.05) is 41.7 Å². The second-order valence-corrected chi connectivity index (χ2v) is 12.0. The average Bonchev–Trinajstić information content (AvgIpc) is 2.97. The molecule has 0 aliphatic carbocycles. The first-order valence-electron chi connectivity index (χ1n) is 13.4. The van der Waals surface area contributed by atoms with Crippen LogP contribution in [0.1, 0.15) is 36.8 Å². The predicted octanol–water partition coefficient (Wildman–Crippen LogP) is 7.04. The highest BCUT2D eigenvalue weighted by Crippen LogP contribution is 2.34. The van der Waals surface area contributed by atoms with Crippen molar-refractivity contribution in [1.82, 2.24) is 9.88 Å². The Morgan fingerprint density at radius 3 is 2.30 bits per heavy atom. The van der Waals surface area contributed by atoms with Gasteiger partial charge in [-0.1, -0.05) is 63.2 Å². The fourth-order valence-corrected chi connectivity index (χ4v) is 5.72. The molecule has 1 aliphatic heterocycles. The van der Waals surface area contributed by atoms with Crippen LogP contribution in [0.5, 0.6) is 5.75 Å². The van der Waals surface area contributed by atoms with E-state index in [9.17, 15) is 9.59 Å². The van der Waals surface area contributed by atoms with E-state index < -0.39 is 0 Å². The number of urea groups is 1. The summed E-state index contributed by atoms with van der Waals surface area (Å²) in [6.07, 6.45) is 1.75. The van der Waals surface area contributed by atoms with Gasteiger partial charge in [-0.3, -0.25) is 9.78 Å². The SMILES string of the molecule is COc1ccc(C(C)(C)C)cc1NC(=O)Nc1ccc(-c2ccc(C(=O)N3CCSCC3)nc2)c2ccccc12. The molecule has 5 rings (SSSR count). The van der Waals surface area contributed by atoms with Gasteiger partial charge in [-0.25, -0.2) is 4.79 Å². The van der Waals surface area contributed by atoms with Crippen LogP contribution in [0.2, 0.25) is 0 Å². The Bertz CT molecular complexity index is 1540. The largest absolute Gasteiger partial charge is 0.495 e. The van der Waals surface area contributed by atoms with Crippen LogP contribution in [0.3, 0.4) is 0 Å². The van der Waals surface area contributed by atoms with Crippen molar-refractivity contribution in [3.8, 4) is 16.9 Å². The molecule has 1 fully saturated rings. The fraction of sp³-hybridized carbons (Fsp3) is 0.281. The molecule has 0 unspecified atom stereocenters. The number of hydrogen-bond acceptors (Lipinski definition) is 5. The van der Waals surface area contributed by atoms with E-state index in [4.69, 9.17) is 4.74 Å². The van der Waals surface area contributed by atoms with Crippen LogP contribution in [0.4, 0.5) is 16.2 Å². The number of amides is 3. The number of methoxy groups -OCH3 is 1. The van der Waals surface area contributed by atoms with Crippen molar-refractivity contribution in [1.29, 1.82) is 0 Å². The topological polar surface area (TPSA) is 83.6 Å². The van der Waals surface area contributed by atoms with Crippen molar-refractivity contribution in [3.63, 3.8) is 0 Å². The Kier molecular flexibility index (Phi) is 7.98. The summed E-state index contributed by atoms with van der Waals surface area (Å²) in [4.78, 5) is 32.3. The molecule has 0 radical (unpaired) electrons. The molecule has 2 N–H and O–H groups in total. The molecule has 1 aromatic heterocycles. The third-order valence-electron chi connectivity index (χ3n) is 7.08. The Labute approximate surface area is 239 Å². The number of nitrogens with one attached hydrogen (secondary N) is 2. The first-order chi connectivity index (χ1) is 19.2. The number of thioether (sulfide) groups is 1. The van der Waals surface area contributed by atoms with Crippen molar-refractivity contribution >= 4 is 45.8 Å². The Morgan fingerprint density at radius 1 is 0.900 bits per heavy atom. The number of rotatable bonds is 5. The van der Waals surface area contributed by atoms with Gasteiger partial charge in [0.05, 0.1) is 18.5 Å². The number of aromatic nitrogens is 1. The van der Waals surface area contributed by atoms with Crippen molar-refractivity contribution in [2.75, 3.05) is 42.3 Å². The summed E-state index contributed by atoms with van der Waals surface area (Å²) >= 11 is 1.87. The summed E-state index contributed by atoms with van der Waals surface area (Å²) in [6, 6.07) is 21.0. The molecule has 4 aromatic rings. The maximum absolute atomic E-state index is 13.1. The lowest BCUT2D eigenvalue weighted by Crippen LogP contribution is -2.38. The highest BCUT2D eigenvalue weighted by Gasteiger charge is 2.20. The Balaban J connectivity index is 1.38. The van der Waals surface area contributed by atoms with E-state index in [0.29, 0.717) is 22.8 Å². The summed E-state index contributed by atoms with van der Waals surface area (Å²) in [5.74, 6) is 2.50. The van der Waals surface area contributed by atoms with Gasteiger partial charge in [-0.15, -0.1) is 0 Å². The number of benzene rings is 3. The van der Waals surface area contributed by atoms with Gasteiger partial charge in [0.2, 0.25) is 0 Å². The van der Waals surface area contributed by atoms with Gasteiger partial charge >= 0.3 is 6.03 Å². The van der Waals surface area contributed by atoms with Crippen LogP contribution in [0, 0.1) is 0 Å². The number of carbonyl (C=O) groups is 2. The molecular formula is C32H34N4O3S. The first-order valence-corrected chi connectivity index (χ1v) is 14.5. The second-order valence-electron chi connectivity index (χ2n) is 10.8. The summed E-state index contributed by atoms with van der Waals surface area (Å²) < 4.78 is 5.48. The molecule has 7 nitrogen and oxygen atoms in total. The third kappa shape index (κ3) is 5.92. The molecular weight excluding hydrogens is 520 g/mol. The van der Waals surface area contributed by atoms with Gasteiger partial charge in [0.1, 0.15) is 11.4 Å². The molecule has 1 saturated heterocycles. The van der Waals surface area contributed by atoms with Gasteiger partial charge in [0.25, 0.3) is 5.91 Å². The molecule has 0 atom stereocenters. The van der Waals surface area contributed by atoms with Crippen molar-refractivity contribution < 1.29 is 14.3 Å². The molecule has 40 heavy (non-hydrogen) atoms. The minimum Gasteiger partial charge on any atom is -0.495 e. The fourth-order valence-electron chi connectivity index (χ4n) is 4.82. The lowest BCUT2D eigenvalue weighted by molar-refractivity contribution is 0.0766. The third-order valence-corrected chi connectivity index (χ3v) is 8.02. The van der Waals surface area contributed by atoms with Crippen LogP contribution in [0.25, 0.3) is 21.9 Å². The van der Waals surface area contributed by atoms with Crippen LogP contribution < -0.4 is 15.4 Å². The molecule has 8 heteroatoms. The molecule has 1 aliphatic rings. The van der Waals surface area contributed by atoms with Crippen molar-refractivity contribution in [2.24, 2.45) is 0 Å². The lowest BCUT2D eigenvalue weighted by atomic mass is 9.87. The summed E-state index contributed by atoms with van der Waals surface area (Å²) in [5.41, 5.74) is 4.65. The quantitative estimate of drug-likeness (QED) is 0.276. The number of anilines is 2. The standard InChI is InChI=1S/C32H34N4O3S/c1-32(2,3)22-10-14-29(39-4)28(19-22)35-31(38)34-26-13-11-23(24-7-5-6-8-25(24)26)21-9-12-27(33-20-21)30(37)36-15-17-40-18-16-36/h5-14,19-20H,15-18H2,1-4H3,(H2,34,35,38). The van der Waals surface area contributed by atoms with E-state index in [1.807, 2.05) is 77.3 Å². The molecule has 0 spiro atoms. The van der Waals surface area contributed by atoms with E-state index in [2.05, 4.69) is 36.4 Å². The molecule has 206 valence electrons. The minimum atomic E-state index is -0.358. The number of fused-ring (bicyclic) bond motifs is 1. The van der Waals surface area contributed by atoms with Gasteiger partial charge in [-0.2, -0.15) is 11.8 Å². The summed E-state index contributed by atoms with van der Waals surface area (Å²) in [5, 5.41) is 7.84. The number of carbonyl (C=O) groups excluding carboxylic acids is 2. The highest BCUT2D eigenvalue weighted by atomic mass is 32.2. The smallest absolute Gasteiger partial charge is 0.323 e. The van der Waals surface area contributed by atoms with E-state index in [0.717, 1.165) is 52.1 Å². The van der Waals surface area contributed by atoms with Gasteiger partial charge in [-0.05, 0) is 46.2 Å². The monoisotopic (exact) mass is 554 g/mol. The minimum absolute atomic E-state index is 0.0214. The predicted molar refractivity (Wildman–Crippen MR) is 165 cm³/mol. The first kappa shape index (κ1) is 27.5. The zero-order chi connectivity index (χ0) is 28.3. The maximum Gasteiger partial charge on any atom is 0.323 e. The Hall–Kier alpha value is -4.04. The normalized spacial score (nSPS) is 13.7. The van der Waals surface area contributed by atoms with Crippen molar-refractivity contribution in [3.05, 3.63) is 84.2 Å². The van der Waals surface area contributed by atoms with E-state index in [1.165, 1.54) is 0 Å². The highest BCUT2D eigenvalue weighted by molar-refractivity contribution is 7.99.